The molecule has 2 nitrogen and oxygen atoms in total. The van der Waals surface area contributed by atoms with E-state index in [0.717, 1.165) is 11.8 Å². The highest BCUT2D eigenvalue weighted by Gasteiger charge is 2.51. The van der Waals surface area contributed by atoms with Gasteiger partial charge >= 0.3 is 0 Å². The Labute approximate surface area is 56.0 Å². The quantitative estimate of drug-likeness (QED) is 0.494. The van der Waals surface area contributed by atoms with E-state index in [1.807, 2.05) is 0 Å². The second-order valence-corrected chi connectivity index (χ2v) is 3.62. The van der Waals surface area contributed by atoms with Gasteiger partial charge in [0.05, 0.1) is 0 Å². The minimum atomic E-state index is 0.431. The predicted octanol–water partition coefficient (Wildman–Crippen LogP) is 0.509. The maximum atomic E-state index is 3.33. The van der Waals surface area contributed by atoms with Gasteiger partial charge in [-0.2, -0.15) is 0 Å². The number of nitrogens with one attached hydrogen (secondary N) is 2. The molecule has 0 aromatic heterocycles. The molecule has 1 saturated heterocycles. The molecule has 0 aromatic rings. The minimum Gasteiger partial charge on any atom is -0.257 e. The van der Waals surface area contributed by atoms with E-state index in [4.69, 9.17) is 0 Å². The Morgan fingerprint density at radius 3 is 2.78 bits per heavy atom. The second-order valence-electron chi connectivity index (χ2n) is 3.62. The Morgan fingerprint density at radius 1 is 1.56 bits per heavy atom. The summed E-state index contributed by atoms with van der Waals surface area (Å²) >= 11 is 0. The predicted molar refractivity (Wildman–Crippen MR) is 36.8 cm³/mol. The molecule has 0 radical (unpaired) electrons. The summed E-state index contributed by atoms with van der Waals surface area (Å²) in [5.74, 6) is 1.75. The van der Waals surface area contributed by atoms with Crippen molar-refractivity contribution in [3.63, 3.8) is 0 Å². The monoisotopic (exact) mass is 126 g/mol. The average Bonchev–Trinajstić information content (AvgIpc) is 2.11. The SMILES string of the molecule is CC1CC2CNNC12C. The third-order valence-electron chi connectivity index (χ3n) is 3.22. The smallest absolute Gasteiger partial charge is 0.0362 e. The Balaban J connectivity index is 2.16. The lowest BCUT2D eigenvalue weighted by Crippen LogP contribution is -2.57. The third kappa shape index (κ3) is 0.528. The van der Waals surface area contributed by atoms with Crippen molar-refractivity contribution < 1.29 is 0 Å². The molecule has 3 atom stereocenters. The first-order chi connectivity index (χ1) is 4.23. The van der Waals surface area contributed by atoms with Crippen LogP contribution in [0.1, 0.15) is 20.3 Å². The fourth-order valence-corrected chi connectivity index (χ4v) is 2.04. The van der Waals surface area contributed by atoms with Gasteiger partial charge in [-0.15, -0.1) is 0 Å². The highest BCUT2D eigenvalue weighted by Crippen LogP contribution is 2.44. The van der Waals surface area contributed by atoms with Crippen LogP contribution >= 0.6 is 0 Å². The van der Waals surface area contributed by atoms with Crippen LogP contribution in [0.5, 0.6) is 0 Å². The number of hydrogen-bond acceptors (Lipinski definition) is 2. The Hall–Kier alpha value is -0.0800. The standard InChI is InChI=1S/C7H14N2/c1-5-3-6-4-8-9-7(5,6)2/h5-6,8-9H,3-4H2,1-2H3. The molecule has 52 valence electrons. The maximum absolute atomic E-state index is 3.33. The molecule has 1 aliphatic carbocycles. The molecule has 1 heterocycles. The van der Waals surface area contributed by atoms with E-state index in [9.17, 15) is 0 Å². The molecule has 1 aliphatic heterocycles. The van der Waals surface area contributed by atoms with Gasteiger partial charge < -0.3 is 0 Å². The second kappa shape index (κ2) is 1.50. The summed E-state index contributed by atoms with van der Waals surface area (Å²) in [6, 6.07) is 0. The molecule has 9 heavy (non-hydrogen) atoms. The maximum Gasteiger partial charge on any atom is 0.0362 e. The largest absolute Gasteiger partial charge is 0.257 e. The van der Waals surface area contributed by atoms with Gasteiger partial charge in [-0.25, -0.2) is 0 Å². The molecule has 2 aliphatic rings. The van der Waals surface area contributed by atoms with Crippen LogP contribution in [0.25, 0.3) is 0 Å². The van der Waals surface area contributed by atoms with Crippen molar-refractivity contribution in [2.24, 2.45) is 11.8 Å². The number of hydrogen-bond donors (Lipinski definition) is 2. The summed E-state index contributed by atoms with van der Waals surface area (Å²) < 4.78 is 0. The summed E-state index contributed by atoms with van der Waals surface area (Å²) in [5, 5.41) is 0. The number of hydrazine groups is 1. The first-order valence-electron chi connectivity index (χ1n) is 3.73. The zero-order valence-corrected chi connectivity index (χ0v) is 6.07. The van der Waals surface area contributed by atoms with Gasteiger partial charge in [-0.3, -0.25) is 10.9 Å². The molecule has 0 amide bonds. The lowest BCUT2D eigenvalue weighted by Gasteiger charge is -2.47. The fourth-order valence-electron chi connectivity index (χ4n) is 2.04. The molecule has 2 N–H and O–H groups in total. The zero-order valence-electron chi connectivity index (χ0n) is 6.07. The normalized spacial score (nSPS) is 56.7. The van der Waals surface area contributed by atoms with E-state index in [-0.39, 0.29) is 0 Å². The van der Waals surface area contributed by atoms with Gasteiger partial charge in [0.15, 0.2) is 0 Å². The lowest BCUT2D eigenvalue weighted by molar-refractivity contribution is 0.0751. The van der Waals surface area contributed by atoms with Crippen LogP contribution in [0.15, 0.2) is 0 Å². The molecular formula is C7H14N2. The Bertz CT molecular complexity index is 135. The lowest BCUT2D eigenvalue weighted by atomic mass is 9.62. The van der Waals surface area contributed by atoms with Crippen molar-refractivity contribution in [3.8, 4) is 0 Å². The highest BCUT2D eigenvalue weighted by atomic mass is 15.4. The van der Waals surface area contributed by atoms with Crippen LogP contribution in [0, 0.1) is 11.8 Å². The average molecular weight is 126 g/mol. The van der Waals surface area contributed by atoms with Crippen molar-refractivity contribution >= 4 is 0 Å². The van der Waals surface area contributed by atoms with E-state index < -0.39 is 0 Å². The summed E-state index contributed by atoms with van der Waals surface area (Å²) in [6.45, 7) is 5.79. The molecule has 2 fully saturated rings. The van der Waals surface area contributed by atoms with Crippen LogP contribution in [-0.2, 0) is 0 Å². The first-order valence-corrected chi connectivity index (χ1v) is 3.73. The van der Waals surface area contributed by atoms with Crippen molar-refractivity contribution in [1.29, 1.82) is 0 Å². The molecule has 0 bridgehead atoms. The van der Waals surface area contributed by atoms with Crippen LogP contribution in [0.4, 0.5) is 0 Å². The number of rotatable bonds is 0. The van der Waals surface area contributed by atoms with Crippen LogP contribution in [0.2, 0.25) is 0 Å². The zero-order chi connectivity index (χ0) is 6.48. The van der Waals surface area contributed by atoms with Gasteiger partial charge in [0, 0.05) is 12.1 Å². The Morgan fingerprint density at radius 2 is 2.33 bits per heavy atom. The molecule has 2 rings (SSSR count). The molecule has 3 unspecified atom stereocenters. The van der Waals surface area contributed by atoms with Crippen molar-refractivity contribution in [1.82, 2.24) is 10.9 Å². The van der Waals surface area contributed by atoms with Crippen LogP contribution in [0.3, 0.4) is 0 Å². The first kappa shape index (κ1) is 5.69. The molecule has 2 heteroatoms. The van der Waals surface area contributed by atoms with Crippen molar-refractivity contribution in [2.45, 2.75) is 25.8 Å². The number of fused-ring (bicyclic) bond motifs is 1. The Kier molecular flexibility index (Phi) is 0.945. The van der Waals surface area contributed by atoms with Gasteiger partial charge in [-0.05, 0) is 25.2 Å². The highest BCUT2D eigenvalue weighted by molar-refractivity contribution is 5.07. The van der Waals surface area contributed by atoms with Gasteiger partial charge in [-0.1, -0.05) is 6.92 Å². The van der Waals surface area contributed by atoms with E-state index in [2.05, 4.69) is 24.7 Å². The molecule has 0 aromatic carbocycles. The van der Waals surface area contributed by atoms with E-state index in [1.54, 1.807) is 0 Å². The fraction of sp³-hybridized carbons (Fsp3) is 1.00. The molecule has 1 saturated carbocycles. The molecule has 0 spiro atoms. The summed E-state index contributed by atoms with van der Waals surface area (Å²) in [7, 11) is 0. The minimum absolute atomic E-state index is 0.431. The van der Waals surface area contributed by atoms with Gasteiger partial charge in [0.1, 0.15) is 0 Å². The van der Waals surface area contributed by atoms with Gasteiger partial charge in [0.2, 0.25) is 0 Å². The van der Waals surface area contributed by atoms with Gasteiger partial charge in [0.25, 0.3) is 0 Å². The summed E-state index contributed by atoms with van der Waals surface area (Å²) in [5.41, 5.74) is 6.97. The van der Waals surface area contributed by atoms with E-state index >= 15 is 0 Å². The topological polar surface area (TPSA) is 24.1 Å². The van der Waals surface area contributed by atoms with E-state index in [1.165, 1.54) is 13.0 Å². The van der Waals surface area contributed by atoms with E-state index in [0.29, 0.717) is 5.54 Å². The summed E-state index contributed by atoms with van der Waals surface area (Å²) in [6.07, 6.45) is 1.40. The molecular weight excluding hydrogens is 112 g/mol. The third-order valence-corrected chi connectivity index (χ3v) is 3.22. The van der Waals surface area contributed by atoms with Crippen LogP contribution in [-0.4, -0.2) is 12.1 Å². The van der Waals surface area contributed by atoms with Crippen molar-refractivity contribution in [2.75, 3.05) is 6.54 Å². The van der Waals surface area contributed by atoms with Crippen molar-refractivity contribution in [3.05, 3.63) is 0 Å². The summed E-state index contributed by atoms with van der Waals surface area (Å²) in [4.78, 5) is 0. The van der Waals surface area contributed by atoms with Crippen LogP contribution < -0.4 is 10.9 Å².